The average Bonchev–Trinajstić information content (AvgIpc) is 3.81. The number of benzene rings is 2. The fourth-order valence-electron chi connectivity index (χ4n) is 4.62. The molecule has 2 aromatic carbocycles. The van der Waals surface area contributed by atoms with Gasteiger partial charge in [-0.05, 0) is 55.3 Å². The van der Waals surface area contributed by atoms with Crippen LogP contribution in [0, 0.1) is 0 Å². The summed E-state index contributed by atoms with van der Waals surface area (Å²) in [6, 6.07) is 16.6. The first-order valence-electron chi connectivity index (χ1n) is 12.6. The number of halogens is 1. The summed E-state index contributed by atoms with van der Waals surface area (Å²) in [4.78, 5) is 31.9. The molecule has 2 fully saturated rings. The number of carbonyl (C=O) groups is 2. The standard InChI is InChI=1S/C28H30ClN5O4/c1-37-24-11-7-19(17-25(24)38-2)23-10-12-26(31-30-23)32-13-15-33(16-14-32)27(35)18-34(20-8-9-20)28(36)21-5-3-4-6-22(21)29/h3-7,10-12,17,20H,8-9,13-16,18H2,1-2H3. The van der Waals surface area contributed by atoms with Crippen molar-refractivity contribution in [1.29, 1.82) is 0 Å². The van der Waals surface area contributed by atoms with Crippen LogP contribution in [0.4, 0.5) is 5.82 Å². The van der Waals surface area contributed by atoms with Crippen LogP contribution >= 0.6 is 11.6 Å². The molecule has 1 saturated carbocycles. The third-order valence-electron chi connectivity index (χ3n) is 6.94. The minimum atomic E-state index is -0.185. The summed E-state index contributed by atoms with van der Waals surface area (Å²) in [5.41, 5.74) is 2.05. The first-order valence-corrected chi connectivity index (χ1v) is 13.0. The molecular formula is C28H30ClN5O4. The zero-order valence-electron chi connectivity index (χ0n) is 21.5. The van der Waals surface area contributed by atoms with Crippen LogP contribution in [0.1, 0.15) is 23.2 Å². The third-order valence-corrected chi connectivity index (χ3v) is 7.27. The van der Waals surface area contributed by atoms with E-state index < -0.39 is 0 Å². The van der Waals surface area contributed by atoms with Gasteiger partial charge in [-0.25, -0.2) is 0 Å². The first-order chi connectivity index (χ1) is 18.5. The predicted molar refractivity (Wildman–Crippen MR) is 145 cm³/mol. The second kappa shape index (κ2) is 11.3. The Morgan fingerprint density at radius 1 is 0.947 bits per heavy atom. The minimum absolute atomic E-state index is 0.0492. The molecule has 0 radical (unpaired) electrons. The van der Waals surface area contributed by atoms with Crippen molar-refractivity contribution in [1.82, 2.24) is 20.0 Å². The summed E-state index contributed by atoms with van der Waals surface area (Å²) in [6.07, 6.45) is 1.82. The van der Waals surface area contributed by atoms with Crippen molar-refractivity contribution in [3.63, 3.8) is 0 Å². The molecule has 2 heterocycles. The number of hydrogen-bond acceptors (Lipinski definition) is 7. The Morgan fingerprint density at radius 2 is 1.68 bits per heavy atom. The normalized spacial score (nSPS) is 15.2. The van der Waals surface area contributed by atoms with Crippen molar-refractivity contribution < 1.29 is 19.1 Å². The highest BCUT2D eigenvalue weighted by Gasteiger charge is 2.36. The lowest BCUT2D eigenvalue weighted by Gasteiger charge is -2.36. The number of hydrogen-bond donors (Lipinski definition) is 0. The van der Waals surface area contributed by atoms with Crippen LogP contribution in [-0.2, 0) is 4.79 Å². The number of carbonyl (C=O) groups excluding carboxylic acids is 2. The largest absolute Gasteiger partial charge is 0.493 e. The second-order valence-electron chi connectivity index (χ2n) is 9.36. The Bertz CT molecular complexity index is 1310. The molecule has 1 saturated heterocycles. The highest BCUT2D eigenvalue weighted by atomic mass is 35.5. The fraction of sp³-hybridized carbons (Fsp3) is 0.357. The van der Waals surface area contributed by atoms with E-state index >= 15 is 0 Å². The SMILES string of the molecule is COc1ccc(-c2ccc(N3CCN(C(=O)CN(C(=O)c4ccccc4Cl)C4CC4)CC3)nn2)cc1OC. The molecule has 10 heteroatoms. The van der Waals surface area contributed by atoms with Crippen LogP contribution in [0.5, 0.6) is 11.5 Å². The summed E-state index contributed by atoms with van der Waals surface area (Å²) in [7, 11) is 3.20. The lowest BCUT2D eigenvalue weighted by Crippen LogP contribution is -2.52. The molecule has 2 aliphatic rings. The number of aromatic nitrogens is 2. The van der Waals surface area contributed by atoms with E-state index in [1.54, 1.807) is 43.4 Å². The summed E-state index contributed by atoms with van der Waals surface area (Å²) in [5, 5.41) is 9.24. The van der Waals surface area contributed by atoms with Gasteiger partial charge >= 0.3 is 0 Å². The number of methoxy groups -OCH3 is 2. The molecule has 0 N–H and O–H groups in total. The predicted octanol–water partition coefficient (Wildman–Crippen LogP) is 3.77. The molecule has 0 atom stereocenters. The van der Waals surface area contributed by atoms with Crippen molar-refractivity contribution >= 4 is 29.2 Å². The second-order valence-corrected chi connectivity index (χ2v) is 9.77. The van der Waals surface area contributed by atoms with Gasteiger partial charge in [-0.1, -0.05) is 23.7 Å². The van der Waals surface area contributed by atoms with Gasteiger partial charge in [0.25, 0.3) is 5.91 Å². The molecule has 198 valence electrons. The molecule has 0 spiro atoms. The Labute approximate surface area is 226 Å². The van der Waals surface area contributed by atoms with Gasteiger partial charge in [0.15, 0.2) is 17.3 Å². The van der Waals surface area contributed by atoms with Crippen LogP contribution in [0.3, 0.4) is 0 Å². The van der Waals surface area contributed by atoms with Crippen LogP contribution in [0.15, 0.2) is 54.6 Å². The van der Waals surface area contributed by atoms with Crippen LogP contribution in [0.2, 0.25) is 5.02 Å². The third kappa shape index (κ3) is 5.52. The molecule has 9 nitrogen and oxygen atoms in total. The highest BCUT2D eigenvalue weighted by Crippen LogP contribution is 2.32. The lowest BCUT2D eigenvalue weighted by atomic mass is 10.1. The van der Waals surface area contributed by atoms with E-state index in [-0.39, 0.29) is 24.4 Å². The minimum Gasteiger partial charge on any atom is -0.493 e. The molecule has 5 rings (SSSR count). The van der Waals surface area contributed by atoms with Crippen molar-refractivity contribution in [3.05, 3.63) is 65.2 Å². The van der Waals surface area contributed by atoms with Crippen molar-refractivity contribution in [2.45, 2.75) is 18.9 Å². The van der Waals surface area contributed by atoms with E-state index in [1.165, 1.54) is 0 Å². The summed E-state index contributed by atoms with van der Waals surface area (Å²) < 4.78 is 10.7. The van der Waals surface area contributed by atoms with Crippen molar-refractivity contribution in [2.75, 3.05) is 51.8 Å². The number of nitrogens with zero attached hydrogens (tertiary/aromatic N) is 5. The van der Waals surface area contributed by atoms with Crippen LogP contribution in [0.25, 0.3) is 11.3 Å². The fourth-order valence-corrected chi connectivity index (χ4v) is 4.83. The molecular weight excluding hydrogens is 506 g/mol. The van der Waals surface area contributed by atoms with Gasteiger partial charge in [-0.3, -0.25) is 9.59 Å². The van der Waals surface area contributed by atoms with Crippen molar-refractivity contribution in [2.24, 2.45) is 0 Å². The van der Waals surface area contributed by atoms with Gasteiger partial charge < -0.3 is 24.2 Å². The molecule has 38 heavy (non-hydrogen) atoms. The number of anilines is 1. The Balaban J connectivity index is 1.19. The van der Waals surface area contributed by atoms with Gasteiger partial charge in [0, 0.05) is 37.8 Å². The Morgan fingerprint density at radius 3 is 2.32 bits per heavy atom. The molecule has 1 aliphatic heterocycles. The molecule has 2 amide bonds. The summed E-state index contributed by atoms with van der Waals surface area (Å²) >= 11 is 6.25. The van der Waals surface area contributed by atoms with Gasteiger partial charge in [0.05, 0.1) is 30.5 Å². The number of rotatable bonds is 8. The van der Waals surface area contributed by atoms with Gasteiger partial charge in [0.1, 0.15) is 6.54 Å². The zero-order chi connectivity index (χ0) is 26.6. The van der Waals surface area contributed by atoms with Gasteiger partial charge in [0.2, 0.25) is 5.91 Å². The number of ether oxygens (including phenoxy) is 2. The van der Waals surface area contributed by atoms with E-state index in [0.29, 0.717) is 48.3 Å². The summed E-state index contributed by atoms with van der Waals surface area (Å²) in [6.45, 7) is 2.44. The maximum atomic E-state index is 13.1. The van der Waals surface area contributed by atoms with Crippen LogP contribution in [-0.4, -0.2) is 84.8 Å². The Hall–Kier alpha value is -3.85. The first kappa shape index (κ1) is 25.8. The summed E-state index contributed by atoms with van der Waals surface area (Å²) in [5.74, 6) is 1.81. The quantitative estimate of drug-likeness (QED) is 0.434. The maximum Gasteiger partial charge on any atom is 0.256 e. The zero-order valence-corrected chi connectivity index (χ0v) is 22.2. The van der Waals surface area contributed by atoms with E-state index in [4.69, 9.17) is 21.1 Å². The number of amides is 2. The maximum absolute atomic E-state index is 13.1. The Kier molecular flexibility index (Phi) is 7.64. The molecule has 3 aromatic rings. The van der Waals surface area contributed by atoms with E-state index in [1.807, 2.05) is 35.2 Å². The number of piperazine rings is 1. The molecule has 1 aromatic heterocycles. The lowest BCUT2D eigenvalue weighted by molar-refractivity contribution is -0.132. The monoisotopic (exact) mass is 535 g/mol. The van der Waals surface area contributed by atoms with E-state index in [0.717, 1.165) is 29.9 Å². The smallest absolute Gasteiger partial charge is 0.256 e. The van der Waals surface area contributed by atoms with E-state index in [9.17, 15) is 9.59 Å². The topological polar surface area (TPSA) is 88.1 Å². The molecule has 0 unspecified atom stereocenters. The van der Waals surface area contributed by atoms with Gasteiger partial charge in [-0.15, -0.1) is 10.2 Å². The average molecular weight is 536 g/mol. The highest BCUT2D eigenvalue weighted by molar-refractivity contribution is 6.33. The van der Waals surface area contributed by atoms with Crippen LogP contribution < -0.4 is 14.4 Å². The molecule has 0 bridgehead atoms. The van der Waals surface area contributed by atoms with Crippen molar-refractivity contribution in [3.8, 4) is 22.8 Å². The van der Waals surface area contributed by atoms with E-state index in [2.05, 4.69) is 15.1 Å². The van der Waals surface area contributed by atoms with Gasteiger partial charge in [-0.2, -0.15) is 0 Å². The molecule has 1 aliphatic carbocycles.